The summed E-state index contributed by atoms with van der Waals surface area (Å²) < 4.78 is 0. The molecule has 0 radical (unpaired) electrons. The Labute approximate surface area is 81.5 Å². The zero-order valence-corrected chi connectivity index (χ0v) is 7.88. The molecule has 1 N–H and O–H groups in total. The van der Waals surface area contributed by atoms with Gasteiger partial charge in [0.25, 0.3) is 0 Å². The lowest BCUT2D eigenvalue weighted by molar-refractivity contribution is -0.104. The molecular formula is C10H9ClO2. The minimum atomic E-state index is 0.125. The van der Waals surface area contributed by atoms with Crippen LogP contribution in [0.1, 0.15) is 12.5 Å². The molecule has 0 aliphatic carbocycles. The maximum Gasteiger partial charge on any atom is 0.143 e. The molecule has 68 valence electrons. The number of carbonyl (C=O) groups excluding carboxylic acids is 1. The van der Waals surface area contributed by atoms with Gasteiger partial charge in [-0.15, -0.1) is 0 Å². The Morgan fingerprint density at radius 2 is 2.23 bits per heavy atom. The van der Waals surface area contributed by atoms with E-state index in [-0.39, 0.29) is 5.75 Å². The third-order valence-corrected chi connectivity index (χ3v) is 1.94. The average Bonchev–Trinajstić information content (AvgIpc) is 2.09. The van der Waals surface area contributed by atoms with Crippen LogP contribution in [0, 0.1) is 0 Å². The fourth-order valence-corrected chi connectivity index (χ4v) is 1.19. The molecule has 1 aromatic rings. The van der Waals surface area contributed by atoms with Crippen LogP contribution in [0.15, 0.2) is 24.3 Å². The molecule has 0 amide bonds. The number of allylic oxidation sites excluding steroid dienone is 2. The normalized spacial score (nSPS) is 11.4. The van der Waals surface area contributed by atoms with Crippen LogP contribution in [0.2, 0.25) is 5.02 Å². The molecular weight excluding hydrogens is 188 g/mol. The van der Waals surface area contributed by atoms with Crippen molar-refractivity contribution in [2.45, 2.75) is 6.92 Å². The van der Waals surface area contributed by atoms with E-state index in [9.17, 15) is 9.90 Å². The first-order valence-corrected chi connectivity index (χ1v) is 4.14. The number of phenolic OH excluding ortho intramolecular Hbond substituents is 1. The minimum Gasteiger partial charge on any atom is -0.507 e. The van der Waals surface area contributed by atoms with Gasteiger partial charge in [0.05, 0.1) is 0 Å². The lowest BCUT2D eigenvalue weighted by Crippen LogP contribution is -1.81. The van der Waals surface area contributed by atoms with Gasteiger partial charge >= 0.3 is 0 Å². The zero-order chi connectivity index (χ0) is 9.84. The van der Waals surface area contributed by atoms with E-state index in [1.807, 2.05) is 0 Å². The standard InChI is InChI=1S/C10H9ClO2/c1-7(4-5-12)9-6-8(11)2-3-10(9)13/h2-6,13H,1H3/b7-4+. The van der Waals surface area contributed by atoms with Gasteiger partial charge < -0.3 is 5.11 Å². The van der Waals surface area contributed by atoms with Crippen LogP contribution in [0.25, 0.3) is 5.57 Å². The zero-order valence-electron chi connectivity index (χ0n) is 7.12. The number of hydrogen-bond acceptors (Lipinski definition) is 2. The fourth-order valence-electron chi connectivity index (χ4n) is 1.02. The van der Waals surface area contributed by atoms with Crippen LogP contribution < -0.4 is 0 Å². The van der Waals surface area contributed by atoms with E-state index < -0.39 is 0 Å². The Balaban J connectivity index is 3.20. The average molecular weight is 197 g/mol. The topological polar surface area (TPSA) is 37.3 Å². The summed E-state index contributed by atoms with van der Waals surface area (Å²) in [6.45, 7) is 1.74. The first kappa shape index (κ1) is 9.81. The Morgan fingerprint density at radius 1 is 1.54 bits per heavy atom. The molecule has 0 aliphatic heterocycles. The van der Waals surface area contributed by atoms with Crippen LogP contribution in [0.4, 0.5) is 0 Å². The number of phenols is 1. The fraction of sp³-hybridized carbons (Fsp3) is 0.100. The van der Waals surface area contributed by atoms with Crippen molar-refractivity contribution in [2.24, 2.45) is 0 Å². The number of hydrogen-bond donors (Lipinski definition) is 1. The van der Waals surface area contributed by atoms with E-state index in [0.29, 0.717) is 22.4 Å². The lowest BCUT2D eigenvalue weighted by Gasteiger charge is -2.03. The summed E-state index contributed by atoms with van der Waals surface area (Å²) in [5.74, 6) is 0.125. The van der Waals surface area contributed by atoms with Crippen molar-refractivity contribution >= 4 is 23.5 Å². The van der Waals surface area contributed by atoms with Crippen LogP contribution in [0.3, 0.4) is 0 Å². The minimum absolute atomic E-state index is 0.125. The van der Waals surface area contributed by atoms with Gasteiger partial charge in [0, 0.05) is 10.6 Å². The summed E-state index contributed by atoms with van der Waals surface area (Å²) in [6, 6.07) is 4.71. The van der Waals surface area contributed by atoms with Crippen LogP contribution in [-0.2, 0) is 4.79 Å². The molecule has 0 saturated heterocycles. The maximum absolute atomic E-state index is 10.2. The number of halogens is 1. The summed E-state index contributed by atoms with van der Waals surface area (Å²) in [4.78, 5) is 10.2. The molecule has 13 heavy (non-hydrogen) atoms. The predicted molar refractivity (Wildman–Crippen MR) is 52.8 cm³/mol. The van der Waals surface area contributed by atoms with Gasteiger partial charge in [-0.2, -0.15) is 0 Å². The third-order valence-electron chi connectivity index (χ3n) is 1.70. The van der Waals surface area contributed by atoms with Crippen molar-refractivity contribution in [1.82, 2.24) is 0 Å². The Hall–Kier alpha value is -1.28. The van der Waals surface area contributed by atoms with Gasteiger partial charge in [-0.3, -0.25) is 4.79 Å². The van der Waals surface area contributed by atoms with Crippen molar-refractivity contribution in [3.63, 3.8) is 0 Å². The van der Waals surface area contributed by atoms with Crippen molar-refractivity contribution < 1.29 is 9.90 Å². The highest BCUT2D eigenvalue weighted by molar-refractivity contribution is 6.30. The largest absolute Gasteiger partial charge is 0.507 e. The van der Waals surface area contributed by atoms with E-state index in [0.717, 1.165) is 0 Å². The van der Waals surface area contributed by atoms with Crippen molar-refractivity contribution in [2.75, 3.05) is 0 Å². The Kier molecular flexibility index (Phi) is 3.09. The molecule has 0 bridgehead atoms. The molecule has 0 aromatic heterocycles. The number of carbonyl (C=O) groups is 1. The van der Waals surface area contributed by atoms with Crippen LogP contribution >= 0.6 is 11.6 Å². The first-order valence-electron chi connectivity index (χ1n) is 3.76. The first-order chi connectivity index (χ1) is 6.15. The summed E-state index contributed by atoms with van der Waals surface area (Å²) in [7, 11) is 0. The number of rotatable bonds is 2. The molecule has 0 heterocycles. The van der Waals surface area contributed by atoms with E-state index in [2.05, 4.69) is 0 Å². The monoisotopic (exact) mass is 196 g/mol. The molecule has 1 rings (SSSR count). The highest BCUT2D eigenvalue weighted by Gasteiger charge is 2.02. The van der Waals surface area contributed by atoms with E-state index >= 15 is 0 Å². The SMILES string of the molecule is C/C(=C\C=O)c1cc(Cl)ccc1O. The summed E-state index contributed by atoms with van der Waals surface area (Å²) in [6.07, 6.45) is 2.06. The Morgan fingerprint density at radius 3 is 2.85 bits per heavy atom. The number of benzene rings is 1. The van der Waals surface area contributed by atoms with Gasteiger partial charge in [0.2, 0.25) is 0 Å². The van der Waals surface area contributed by atoms with E-state index in [1.165, 1.54) is 12.1 Å². The molecule has 2 nitrogen and oxygen atoms in total. The molecule has 1 aromatic carbocycles. The van der Waals surface area contributed by atoms with Gasteiger partial charge in [-0.1, -0.05) is 11.6 Å². The summed E-state index contributed by atoms with van der Waals surface area (Å²) in [5, 5.41) is 9.95. The highest BCUT2D eigenvalue weighted by atomic mass is 35.5. The van der Waals surface area contributed by atoms with Gasteiger partial charge in [-0.05, 0) is 36.8 Å². The van der Waals surface area contributed by atoms with Gasteiger partial charge in [0.15, 0.2) is 0 Å². The van der Waals surface area contributed by atoms with Gasteiger partial charge in [-0.25, -0.2) is 0 Å². The number of aromatic hydroxyl groups is 1. The molecule has 0 fully saturated rings. The second kappa shape index (κ2) is 4.10. The molecule has 0 unspecified atom stereocenters. The number of aldehydes is 1. The third kappa shape index (κ3) is 2.33. The smallest absolute Gasteiger partial charge is 0.143 e. The lowest BCUT2D eigenvalue weighted by atomic mass is 10.1. The molecule has 0 aliphatic rings. The van der Waals surface area contributed by atoms with Gasteiger partial charge in [0.1, 0.15) is 12.0 Å². The van der Waals surface area contributed by atoms with Crippen LogP contribution in [-0.4, -0.2) is 11.4 Å². The molecule has 0 atom stereocenters. The van der Waals surface area contributed by atoms with Crippen molar-refractivity contribution in [3.8, 4) is 5.75 Å². The van der Waals surface area contributed by atoms with Crippen LogP contribution in [0.5, 0.6) is 5.75 Å². The van der Waals surface area contributed by atoms with Crippen molar-refractivity contribution in [1.29, 1.82) is 0 Å². The predicted octanol–water partition coefficient (Wildman–Crippen LogP) is 2.65. The summed E-state index contributed by atoms with van der Waals surface area (Å²) >= 11 is 5.73. The van der Waals surface area contributed by atoms with E-state index in [1.54, 1.807) is 19.1 Å². The Bertz CT molecular complexity index is 356. The second-order valence-corrected chi connectivity index (χ2v) is 3.08. The quantitative estimate of drug-likeness (QED) is 0.583. The molecule has 0 saturated carbocycles. The molecule has 0 spiro atoms. The second-order valence-electron chi connectivity index (χ2n) is 2.65. The summed E-state index contributed by atoms with van der Waals surface area (Å²) in [5.41, 5.74) is 1.27. The maximum atomic E-state index is 10.2. The van der Waals surface area contributed by atoms with Crippen molar-refractivity contribution in [3.05, 3.63) is 34.9 Å². The molecule has 3 heteroatoms. The highest BCUT2D eigenvalue weighted by Crippen LogP contribution is 2.27. The van der Waals surface area contributed by atoms with E-state index in [4.69, 9.17) is 11.6 Å².